The van der Waals surface area contributed by atoms with Crippen LogP contribution in [0, 0.1) is 17.1 Å². The van der Waals surface area contributed by atoms with Crippen molar-refractivity contribution in [2.45, 2.75) is 158 Å². The first-order valence-corrected chi connectivity index (χ1v) is 19.8. The van der Waals surface area contributed by atoms with Crippen molar-refractivity contribution >= 4 is 11.6 Å². The Balaban J connectivity index is 0.000000347. The van der Waals surface area contributed by atoms with Gasteiger partial charge < -0.3 is 0 Å². The Bertz CT molecular complexity index is 1520. The van der Waals surface area contributed by atoms with Gasteiger partial charge >= 0.3 is 0 Å². The molecule has 52 heavy (non-hydrogen) atoms. The summed E-state index contributed by atoms with van der Waals surface area (Å²) in [5, 5.41) is 9.76. The number of nitriles is 1. The topological polar surface area (TPSA) is 23.8 Å². The standard InChI is InChI=1S/C13H17N.C12H17Cl.C12H17F.C12H18/c1-9(2)12-5-11(8-14)6-13(7-12)10(3)4;2*1-8(2)10-5-11(9(3)4)7-12(13)6-10;1-9(2)11-6-5-7-12(8-11)10(3)4/h5-7,9-10H,1-4H3;2*5-9H,1-4H3;5-10H,1-4H3. The van der Waals surface area contributed by atoms with E-state index in [2.05, 4.69) is 171 Å². The average molecular weight is 727 g/mol. The summed E-state index contributed by atoms with van der Waals surface area (Å²) in [5.74, 6) is 4.04. The molecule has 3 heteroatoms. The average Bonchev–Trinajstić information content (AvgIpc) is 3.08. The number of hydrogen-bond acceptors (Lipinski definition) is 1. The van der Waals surface area contributed by atoms with E-state index >= 15 is 0 Å². The zero-order chi connectivity index (χ0) is 39.9. The van der Waals surface area contributed by atoms with Crippen LogP contribution < -0.4 is 0 Å². The van der Waals surface area contributed by atoms with Gasteiger partial charge in [0.15, 0.2) is 0 Å². The maximum absolute atomic E-state index is 13.1. The van der Waals surface area contributed by atoms with Crippen LogP contribution in [0.15, 0.2) is 78.9 Å². The van der Waals surface area contributed by atoms with E-state index in [1.165, 1.54) is 33.4 Å². The van der Waals surface area contributed by atoms with Crippen molar-refractivity contribution in [3.63, 3.8) is 0 Å². The van der Waals surface area contributed by atoms with Gasteiger partial charge in [-0.3, -0.25) is 0 Å². The first-order valence-electron chi connectivity index (χ1n) is 19.4. The van der Waals surface area contributed by atoms with Crippen molar-refractivity contribution in [1.82, 2.24) is 0 Å². The molecule has 4 rings (SSSR count). The maximum atomic E-state index is 13.1. The van der Waals surface area contributed by atoms with Crippen LogP contribution in [-0.4, -0.2) is 0 Å². The monoisotopic (exact) mass is 726 g/mol. The Morgan fingerprint density at radius 3 is 0.923 bits per heavy atom. The van der Waals surface area contributed by atoms with Crippen LogP contribution in [0.2, 0.25) is 5.02 Å². The summed E-state index contributed by atoms with van der Waals surface area (Å²) in [6.07, 6.45) is 0. The fourth-order valence-corrected chi connectivity index (χ4v) is 5.54. The highest BCUT2D eigenvalue weighted by molar-refractivity contribution is 6.30. The summed E-state index contributed by atoms with van der Waals surface area (Å²) in [7, 11) is 0. The van der Waals surface area contributed by atoms with Crippen LogP contribution >= 0.6 is 11.6 Å². The number of hydrogen-bond donors (Lipinski definition) is 0. The highest BCUT2D eigenvalue weighted by Crippen LogP contribution is 2.26. The second kappa shape index (κ2) is 22.6. The van der Waals surface area contributed by atoms with Gasteiger partial charge in [-0.05, 0) is 128 Å². The Kier molecular flexibility index (Phi) is 20.3. The lowest BCUT2D eigenvalue weighted by atomic mass is 9.93. The first kappa shape index (κ1) is 46.6. The predicted molar refractivity (Wildman–Crippen MR) is 228 cm³/mol. The van der Waals surface area contributed by atoms with Crippen LogP contribution in [0.25, 0.3) is 0 Å². The molecular weight excluding hydrogens is 657 g/mol. The van der Waals surface area contributed by atoms with Crippen LogP contribution in [-0.2, 0) is 0 Å². The minimum absolute atomic E-state index is 0.116. The fourth-order valence-electron chi connectivity index (χ4n) is 5.29. The largest absolute Gasteiger partial charge is 0.207 e. The first-order chi connectivity index (χ1) is 24.2. The summed E-state index contributed by atoms with van der Waals surface area (Å²) in [4.78, 5) is 0. The van der Waals surface area contributed by atoms with E-state index in [1.54, 1.807) is 12.1 Å². The summed E-state index contributed by atoms with van der Waals surface area (Å²) in [6.45, 7) is 34.6. The quantitative estimate of drug-likeness (QED) is 0.177. The number of rotatable bonds is 8. The molecule has 4 aromatic rings. The Morgan fingerprint density at radius 2 is 0.654 bits per heavy atom. The molecule has 0 saturated heterocycles. The van der Waals surface area contributed by atoms with Crippen molar-refractivity contribution in [3.8, 4) is 6.07 Å². The van der Waals surface area contributed by atoms with E-state index in [4.69, 9.17) is 16.9 Å². The molecule has 0 N–H and O–H groups in total. The van der Waals surface area contributed by atoms with E-state index in [-0.39, 0.29) is 5.82 Å². The van der Waals surface area contributed by atoms with Crippen molar-refractivity contribution in [2.75, 3.05) is 0 Å². The molecule has 0 atom stereocenters. The lowest BCUT2D eigenvalue weighted by molar-refractivity contribution is 0.618. The number of benzene rings is 4. The zero-order valence-corrected chi connectivity index (χ0v) is 36.1. The van der Waals surface area contributed by atoms with Crippen molar-refractivity contribution in [3.05, 3.63) is 140 Å². The second-order valence-electron chi connectivity index (χ2n) is 16.5. The van der Waals surface area contributed by atoms with E-state index in [0.717, 1.165) is 21.7 Å². The van der Waals surface area contributed by atoms with Gasteiger partial charge in [0.05, 0.1) is 11.6 Å². The van der Waals surface area contributed by atoms with Crippen LogP contribution in [0.5, 0.6) is 0 Å². The summed E-state index contributed by atoms with van der Waals surface area (Å²) in [5.41, 5.74) is 11.0. The fraction of sp³-hybridized carbons (Fsp3) is 0.490. The highest BCUT2D eigenvalue weighted by atomic mass is 35.5. The third kappa shape index (κ3) is 16.5. The molecule has 4 aromatic carbocycles. The van der Waals surface area contributed by atoms with E-state index in [1.807, 2.05) is 12.1 Å². The van der Waals surface area contributed by atoms with Crippen molar-refractivity contribution < 1.29 is 4.39 Å². The van der Waals surface area contributed by atoms with Gasteiger partial charge in [-0.1, -0.05) is 165 Å². The molecule has 284 valence electrons. The lowest BCUT2D eigenvalue weighted by Gasteiger charge is -2.11. The summed E-state index contributed by atoms with van der Waals surface area (Å²) >= 11 is 6.04. The minimum atomic E-state index is -0.116. The van der Waals surface area contributed by atoms with E-state index in [9.17, 15) is 4.39 Å². The van der Waals surface area contributed by atoms with Gasteiger partial charge in [-0.25, -0.2) is 4.39 Å². The molecule has 0 bridgehead atoms. The van der Waals surface area contributed by atoms with Gasteiger partial charge in [-0.2, -0.15) is 5.26 Å². The highest BCUT2D eigenvalue weighted by Gasteiger charge is 2.09. The minimum Gasteiger partial charge on any atom is -0.207 e. The van der Waals surface area contributed by atoms with Crippen LogP contribution in [0.1, 0.15) is 208 Å². The third-order valence-corrected chi connectivity index (χ3v) is 9.45. The molecule has 0 aromatic heterocycles. The maximum Gasteiger partial charge on any atom is 0.123 e. The molecule has 0 unspecified atom stereocenters. The molecule has 0 spiro atoms. The molecular formula is C49H69ClFN. The molecule has 0 amide bonds. The molecule has 0 heterocycles. The Labute approximate surface area is 324 Å². The predicted octanol–water partition coefficient (Wildman–Crippen LogP) is 16.4. The third-order valence-electron chi connectivity index (χ3n) is 9.24. The number of nitrogens with zero attached hydrogens (tertiary/aromatic N) is 1. The normalized spacial score (nSPS) is 11.1. The summed E-state index contributed by atoms with van der Waals surface area (Å²) in [6, 6.07) is 29.0. The van der Waals surface area contributed by atoms with Crippen LogP contribution in [0.3, 0.4) is 0 Å². The molecule has 0 aliphatic rings. The molecule has 0 saturated carbocycles. The zero-order valence-electron chi connectivity index (χ0n) is 35.3. The molecule has 1 nitrogen and oxygen atoms in total. The van der Waals surface area contributed by atoms with Gasteiger partial charge in [0.2, 0.25) is 0 Å². The van der Waals surface area contributed by atoms with E-state index in [0.29, 0.717) is 47.3 Å². The smallest absolute Gasteiger partial charge is 0.123 e. The van der Waals surface area contributed by atoms with Crippen molar-refractivity contribution in [2.24, 2.45) is 0 Å². The van der Waals surface area contributed by atoms with Gasteiger partial charge in [0.1, 0.15) is 5.82 Å². The summed E-state index contributed by atoms with van der Waals surface area (Å²) < 4.78 is 13.1. The second-order valence-corrected chi connectivity index (χ2v) is 17.0. The molecule has 0 aliphatic heterocycles. The molecule has 0 radical (unpaired) electrons. The van der Waals surface area contributed by atoms with Crippen LogP contribution in [0.4, 0.5) is 4.39 Å². The molecule has 0 aliphatic carbocycles. The van der Waals surface area contributed by atoms with E-state index < -0.39 is 0 Å². The Hall–Kier alpha value is -3.41. The SMILES string of the molecule is CC(C)c1cc(C#N)cc(C(C)C)c1.CC(C)c1cc(Cl)cc(C(C)C)c1.CC(C)c1cc(F)cc(C(C)C)c1.CC(C)c1cccc(C(C)C)c1. The van der Waals surface area contributed by atoms with Crippen molar-refractivity contribution in [1.29, 1.82) is 5.26 Å². The van der Waals surface area contributed by atoms with Gasteiger partial charge in [-0.15, -0.1) is 0 Å². The Morgan fingerprint density at radius 1 is 0.404 bits per heavy atom. The lowest BCUT2D eigenvalue weighted by Crippen LogP contribution is -1.94. The van der Waals surface area contributed by atoms with Gasteiger partial charge in [0.25, 0.3) is 0 Å². The molecule has 0 fully saturated rings. The number of halogens is 2. The van der Waals surface area contributed by atoms with Gasteiger partial charge in [0, 0.05) is 5.02 Å².